The van der Waals surface area contributed by atoms with Gasteiger partial charge in [-0.2, -0.15) is 5.26 Å². The van der Waals surface area contributed by atoms with E-state index in [4.69, 9.17) is 22.1 Å². The second-order valence-electron chi connectivity index (χ2n) is 14.4. The van der Waals surface area contributed by atoms with Crippen LogP contribution in [0.15, 0.2) is 60.8 Å². The number of nitriles is 1. The highest BCUT2D eigenvalue weighted by atomic mass is 35.5. The topological polar surface area (TPSA) is 145 Å². The van der Waals surface area contributed by atoms with Gasteiger partial charge in [-0.3, -0.25) is 24.6 Å². The lowest BCUT2D eigenvalue weighted by atomic mass is 9.48. The van der Waals surface area contributed by atoms with Gasteiger partial charge in [0.25, 0.3) is 0 Å². The van der Waals surface area contributed by atoms with E-state index in [0.717, 1.165) is 49.8 Å². The number of ether oxygens (including phenoxy) is 1. The number of halogens is 1. The number of carbonyl (C=O) groups excluding carboxylic acids is 3. The van der Waals surface area contributed by atoms with Crippen LogP contribution in [0, 0.1) is 22.2 Å². The van der Waals surface area contributed by atoms with Gasteiger partial charge in [-0.05, 0) is 48.4 Å². The SMILES string of the molecule is CC1(C)C(Oc2ccc(C#N)c(Cl)c2)C(C)(C)C1N(c1cccc(CN2CCN(c3ccc(C(N)=O)cn3)CC2)c1)C1CCC(=O)NC1=O. The molecule has 2 aliphatic heterocycles. The van der Waals surface area contributed by atoms with Crippen LogP contribution in [0.5, 0.6) is 5.75 Å². The predicted molar refractivity (Wildman–Crippen MR) is 187 cm³/mol. The molecular weight excluding hydrogens is 642 g/mol. The van der Waals surface area contributed by atoms with Crippen LogP contribution >= 0.6 is 11.6 Å². The van der Waals surface area contributed by atoms with Gasteiger partial charge in [-0.25, -0.2) is 4.98 Å². The molecule has 2 aromatic carbocycles. The summed E-state index contributed by atoms with van der Waals surface area (Å²) in [4.78, 5) is 48.4. The summed E-state index contributed by atoms with van der Waals surface area (Å²) >= 11 is 6.33. The standard InChI is InChI=1S/C37H42ClN7O4/c1-36(2)34(37(3,4)35(36)49-27-10-8-24(20-39)28(38)19-27)45(29-11-13-31(46)42-33(29)48)26-7-5-6-23(18-26)22-43-14-16-44(17-15-43)30-12-9-25(21-41-30)32(40)47/h5-10,12,18-19,21,29,34-35H,11,13-17,22H2,1-4H3,(H2,40,47)(H,42,46,48). The zero-order valence-electron chi connectivity index (χ0n) is 28.3. The molecule has 6 rings (SSSR count). The van der Waals surface area contributed by atoms with Crippen LogP contribution in [0.2, 0.25) is 5.02 Å². The van der Waals surface area contributed by atoms with Crippen LogP contribution in [0.3, 0.4) is 0 Å². The molecule has 1 atom stereocenters. The molecule has 256 valence electrons. The van der Waals surface area contributed by atoms with Gasteiger partial charge in [-0.15, -0.1) is 0 Å². The number of aromatic nitrogens is 1. The Morgan fingerprint density at radius 2 is 1.82 bits per heavy atom. The summed E-state index contributed by atoms with van der Waals surface area (Å²) in [5, 5.41) is 12.2. The Kier molecular flexibility index (Phi) is 9.31. The third-order valence-corrected chi connectivity index (χ3v) is 10.6. The number of nitrogens with zero attached hydrogens (tertiary/aromatic N) is 5. The first kappa shape index (κ1) is 34.2. The van der Waals surface area contributed by atoms with E-state index in [2.05, 4.69) is 70.9 Å². The number of pyridine rings is 1. The molecule has 12 heteroatoms. The zero-order chi connectivity index (χ0) is 35.1. The molecule has 3 aliphatic rings. The molecule has 49 heavy (non-hydrogen) atoms. The zero-order valence-corrected chi connectivity index (χ0v) is 29.0. The second-order valence-corrected chi connectivity index (χ2v) is 14.8. The molecule has 0 spiro atoms. The highest BCUT2D eigenvalue weighted by Crippen LogP contribution is 2.59. The fourth-order valence-electron chi connectivity index (χ4n) is 8.31. The number of hydrogen-bond donors (Lipinski definition) is 2. The molecule has 1 aliphatic carbocycles. The third-order valence-electron chi connectivity index (χ3n) is 10.2. The van der Waals surface area contributed by atoms with Crippen molar-refractivity contribution >= 4 is 40.8 Å². The maximum absolute atomic E-state index is 13.5. The maximum atomic E-state index is 13.5. The number of rotatable bonds is 9. The van der Waals surface area contributed by atoms with E-state index in [0.29, 0.717) is 28.3 Å². The molecule has 2 saturated heterocycles. The molecule has 3 fully saturated rings. The largest absolute Gasteiger partial charge is 0.489 e. The fraction of sp³-hybridized carbons (Fsp3) is 0.432. The summed E-state index contributed by atoms with van der Waals surface area (Å²) in [7, 11) is 0. The first-order valence-electron chi connectivity index (χ1n) is 16.6. The van der Waals surface area contributed by atoms with Crippen molar-refractivity contribution in [2.24, 2.45) is 16.6 Å². The van der Waals surface area contributed by atoms with E-state index >= 15 is 0 Å². The van der Waals surface area contributed by atoms with Gasteiger partial charge < -0.3 is 20.3 Å². The van der Waals surface area contributed by atoms with Crippen LogP contribution in [0.1, 0.15) is 62.0 Å². The van der Waals surface area contributed by atoms with Gasteiger partial charge in [-0.1, -0.05) is 51.4 Å². The first-order chi connectivity index (χ1) is 23.3. The molecule has 11 nitrogen and oxygen atoms in total. The lowest BCUT2D eigenvalue weighted by molar-refractivity contribution is -0.162. The maximum Gasteiger partial charge on any atom is 0.250 e. The Balaban J connectivity index is 1.22. The molecule has 1 unspecified atom stereocenters. The Bertz CT molecular complexity index is 1780. The van der Waals surface area contributed by atoms with Gasteiger partial charge in [0.1, 0.15) is 29.8 Å². The van der Waals surface area contributed by atoms with Crippen molar-refractivity contribution in [3.05, 3.63) is 82.5 Å². The van der Waals surface area contributed by atoms with Gasteiger partial charge in [0.2, 0.25) is 17.7 Å². The van der Waals surface area contributed by atoms with Crippen LogP contribution in [-0.2, 0) is 16.1 Å². The molecule has 3 heterocycles. The van der Waals surface area contributed by atoms with Crippen molar-refractivity contribution in [1.82, 2.24) is 15.2 Å². The van der Waals surface area contributed by atoms with Gasteiger partial charge in [0, 0.05) is 74.0 Å². The normalized spacial score (nSPS) is 23.2. The van der Waals surface area contributed by atoms with Crippen LogP contribution in [-0.4, -0.2) is 72.0 Å². The number of hydrogen-bond acceptors (Lipinski definition) is 9. The minimum absolute atomic E-state index is 0.116. The highest BCUT2D eigenvalue weighted by Gasteiger charge is 2.66. The number of imide groups is 1. The highest BCUT2D eigenvalue weighted by molar-refractivity contribution is 6.31. The Morgan fingerprint density at radius 1 is 1.08 bits per heavy atom. The minimum atomic E-state index is -0.529. The first-order valence-corrected chi connectivity index (χ1v) is 17.0. The van der Waals surface area contributed by atoms with Crippen molar-refractivity contribution < 1.29 is 19.1 Å². The average Bonchev–Trinajstić information content (AvgIpc) is 3.06. The minimum Gasteiger partial charge on any atom is -0.489 e. The summed E-state index contributed by atoms with van der Waals surface area (Å²) in [6, 6.07) is 18.5. The fourth-order valence-corrected chi connectivity index (χ4v) is 8.52. The van der Waals surface area contributed by atoms with E-state index in [-0.39, 0.29) is 30.4 Å². The number of nitrogens with two attached hydrogens (primary N) is 1. The monoisotopic (exact) mass is 683 g/mol. The molecule has 1 aromatic heterocycles. The predicted octanol–water partition coefficient (Wildman–Crippen LogP) is 4.52. The lowest BCUT2D eigenvalue weighted by Gasteiger charge is -2.67. The molecule has 0 bridgehead atoms. The van der Waals surface area contributed by atoms with Crippen molar-refractivity contribution in [2.75, 3.05) is 36.0 Å². The number of amides is 3. The number of anilines is 2. The van der Waals surface area contributed by atoms with Crippen molar-refractivity contribution in [1.29, 1.82) is 5.26 Å². The average molecular weight is 684 g/mol. The molecule has 3 N–H and O–H groups in total. The molecule has 0 radical (unpaired) electrons. The summed E-state index contributed by atoms with van der Waals surface area (Å²) in [5.41, 5.74) is 7.37. The Labute approximate surface area is 292 Å². The van der Waals surface area contributed by atoms with Crippen LogP contribution in [0.4, 0.5) is 11.5 Å². The number of nitrogens with one attached hydrogen (secondary N) is 1. The molecular formula is C37H42ClN7O4. The van der Waals surface area contributed by atoms with E-state index in [1.165, 1.54) is 6.20 Å². The summed E-state index contributed by atoms with van der Waals surface area (Å²) < 4.78 is 6.58. The molecule has 1 saturated carbocycles. The summed E-state index contributed by atoms with van der Waals surface area (Å²) in [5.74, 6) is 0.376. The molecule has 3 aromatic rings. The Morgan fingerprint density at radius 3 is 2.43 bits per heavy atom. The smallest absolute Gasteiger partial charge is 0.250 e. The quantitative estimate of drug-likeness (QED) is 0.311. The van der Waals surface area contributed by atoms with Crippen LogP contribution in [0.25, 0.3) is 0 Å². The van der Waals surface area contributed by atoms with E-state index in [1.807, 2.05) is 18.2 Å². The summed E-state index contributed by atoms with van der Waals surface area (Å²) in [6.07, 6.45) is 1.98. The van der Waals surface area contributed by atoms with Crippen LogP contribution < -0.4 is 25.6 Å². The number of piperazine rings is 1. The van der Waals surface area contributed by atoms with Gasteiger partial charge in [0.15, 0.2) is 0 Å². The third kappa shape index (κ3) is 6.67. The molecule has 3 amide bonds. The van der Waals surface area contributed by atoms with E-state index in [9.17, 15) is 19.6 Å². The lowest BCUT2D eigenvalue weighted by Crippen LogP contribution is -2.77. The second kappa shape index (κ2) is 13.3. The van der Waals surface area contributed by atoms with E-state index < -0.39 is 22.8 Å². The summed E-state index contributed by atoms with van der Waals surface area (Å²) in [6.45, 7) is 12.6. The van der Waals surface area contributed by atoms with E-state index in [1.54, 1.807) is 24.3 Å². The number of carbonyl (C=O) groups is 3. The van der Waals surface area contributed by atoms with Crippen molar-refractivity contribution in [2.45, 2.75) is 65.3 Å². The number of primary amides is 1. The number of piperidine rings is 1. The van der Waals surface area contributed by atoms with Gasteiger partial charge >= 0.3 is 0 Å². The van der Waals surface area contributed by atoms with Gasteiger partial charge in [0.05, 0.1) is 16.1 Å². The van der Waals surface area contributed by atoms with Crippen molar-refractivity contribution in [3.8, 4) is 11.8 Å². The Hall–Kier alpha value is -4.66. The van der Waals surface area contributed by atoms with Crippen molar-refractivity contribution in [3.63, 3.8) is 0 Å². The number of benzene rings is 2.